The fourth-order valence-corrected chi connectivity index (χ4v) is 3.14. The Morgan fingerprint density at radius 3 is 2.43 bits per heavy atom. The first-order valence-electron chi connectivity index (χ1n) is 6.44. The van der Waals surface area contributed by atoms with Crippen molar-refractivity contribution in [2.45, 2.75) is 25.7 Å². The van der Waals surface area contributed by atoms with Gasteiger partial charge < -0.3 is 10.3 Å². The molecule has 1 unspecified atom stereocenters. The van der Waals surface area contributed by atoms with Crippen molar-refractivity contribution in [2.24, 2.45) is 0 Å². The minimum atomic E-state index is -2.23. The second-order valence-electron chi connectivity index (χ2n) is 5.02. The second kappa shape index (κ2) is 5.79. The van der Waals surface area contributed by atoms with Crippen LogP contribution in [-0.2, 0) is 11.1 Å². The van der Waals surface area contributed by atoms with Crippen LogP contribution in [0, 0.1) is 13.8 Å². The highest BCUT2D eigenvalue weighted by Gasteiger charge is 2.21. The van der Waals surface area contributed by atoms with Crippen molar-refractivity contribution in [3.8, 4) is 11.1 Å². The van der Waals surface area contributed by atoms with E-state index in [1.165, 1.54) is 6.92 Å². The first-order chi connectivity index (χ1) is 9.82. The molecule has 0 aromatic heterocycles. The van der Waals surface area contributed by atoms with Gasteiger partial charge in [-0.2, -0.15) is 0 Å². The summed E-state index contributed by atoms with van der Waals surface area (Å²) in [5.41, 5.74) is 9.33. The smallest absolute Gasteiger partial charge is 0.187 e. The van der Waals surface area contributed by atoms with Crippen molar-refractivity contribution in [1.82, 2.24) is 0 Å². The number of rotatable bonds is 3. The summed E-state index contributed by atoms with van der Waals surface area (Å²) in [6, 6.07) is 9.06. The lowest BCUT2D eigenvalue weighted by atomic mass is 9.93. The SMILES string of the molecule is CC(=O)c1cc(N)c(C)c(S(=O)O)c1-c1cccc(C)c1. The molecule has 4 nitrogen and oxygen atoms in total. The lowest BCUT2D eigenvalue weighted by molar-refractivity contribution is 0.101. The molecule has 0 heterocycles. The minimum absolute atomic E-state index is 0.190. The van der Waals surface area contributed by atoms with Gasteiger partial charge in [-0.3, -0.25) is 4.79 Å². The average Bonchev–Trinajstić information content (AvgIpc) is 2.40. The fraction of sp³-hybridized carbons (Fsp3) is 0.188. The molecule has 2 aromatic carbocycles. The van der Waals surface area contributed by atoms with Crippen LogP contribution in [0.15, 0.2) is 35.2 Å². The third-order valence-electron chi connectivity index (χ3n) is 3.43. The van der Waals surface area contributed by atoms with Crippen molar-refractivity contribution >= 4 is 22.6 Å². The van der Waals surface area contributed by atoms with E-state index in [0.717, 1.165) is 11.1 Å². The summed E-state index contributed by atoms with van der Waals surface area (Å²) in [4.78, 5) is 12.1. The summed E-state index contributed by atoms with van der Waals surface area (Å²) in [5, 5.41) is 0. The highest BCUT2D eigenvalue weighted by atomic mass is 32.2. The molecule has 0 spiro atoms. The van der Waals surface area contributed by atoms with E-state index in [2.05, 4.69) is 0 Å². The molecule has 5 heteroatoms. The Morgan fingerprint density at radius 2 is 1.90 bits per heavy atom. The van der Waals surface area contributed by atoms with Gasteiger partial charge in [-0.15, -0.1) is 0 Å². The third-order valence-corrected chi connectivity index (χ3v) is 4.29. The maximum Gasteiger partial charge on any atom is 0.187 e. The summed E-state index contributed by atoms with van der Waals surface area (Å²) >= 11 is -2.23. The fourth-order valence-electron chi connectivity index (χ4n) is 2.36. The molecule has 0 bridgehead atoms. The summed E-state index contributed by atoms with van der Waals surface area (Å²) in [6.07, 6.45) is 0. The Labute approximate surface area is 126 Å². The molecule has 2 rings (SSSR count). The molecule has 0 amide bonds. The van der Waals surface area contributed by atoms with Crippen molar-refractivity contribution in [2.75, 3.05) is 5.73 Å². The van der Waals surface area contributed by atoms with Crippen LogP contribution in [0.1, 0.15) is 28.4 Å². The Kier molecular flexibility index (Phi) is 4.25. The third kappa shape index (κ3) is 2.89. The summed E-state index contributed by atoms with van der Waals surface area (Å²) in [7, 11) is 0. The number of ketones is 1. The number of carbonyl (C=O) groups is 1. The van der Waals surface area contributed by atoms with Crippen molar-refractivity contribution in [1.29, 1.82) is 0 Å². The Morgan fingerprint density at radius 1 is 1.24 bits per heavy atom. The standard InChI is InChI=1S/C16H17NO3S/c1-9-5-4-6-12(7-9)15-13(11(3)18)8-14(17)10(2)16(15)21(19)20/h4-8H,17H2,1-3H3,(H,19,20). The Hall–Kier alpha value is -1.98. The number of anilines is 1. The molecule has 0 aliphatic rings. The normalized spacial score (nSPS) is 12.2. The van der Waals surface area contributed by atoms with E-state index in [1.807, 2.05) is 31.2 Å². The zero-order chi connectivity index (χ0) is 15.7. The Bertz CT molecular complexity index is 753. The molecule has 0 aliphatic carbocycles. The lowest BCUT2D eigenvalue weighted by Crippen LogP contribution is -2.07. The molecule has 21 heavy (non-hydrogen) atoms. The quantitative estimate of drug-likeness (QED) is 0.518. The topological polar surface area (TPSA) is 80.4 Å². The summed E-state index contributed by atoms with van der Waals surface area (Å²) in [6.45, 7) is 5.03. The number of nitrogens with two attached hydrogens (primary N) is 1. The zero-order valence-electron chi connectivity index (χ0n) is 12.1. The monoisotopic (exact) mass is 303 g/mol. The first-order valence-corrected chi connectivity index (χ1v) is 7.55. The number of hydrogen-bond donors (Lipinski definition) is 2. The highest BCUT2D eigenvalue weighted by Crippen LogP contribution is 2.35. The van der Waals surface area contributed by atoms with Gasteiger partial charge in [0.2, 0.25) is 0 Å². The van der Waals surface area contributed by atoms with E-state index in [1.54, 1.807) is 13.0 Å². The summed E-state index contributed by atoms with van der Waals surface area (Å²) in [5.74, 6) is -0.190. The van der Waals surface area contributed by atoms with Crippen LogP contribution in [-0.4, -0.2) is 14.5 Å². The van der Waals surface area contributed by atoms with E-state index in [9.17, 15) is 13.6 Å². The Balaban J connectivity index is 2.93. The molecular weight excluding hydrogens is 286 g/mol. The maximum atomic E-state index is 11.9. The van der Waals surface area contributed by atoms with Crippen molar-refractivity contribution < 1.29 is 13.6 Å². The van der Waals surface area contributed by atoms with Gasteiger partial charge in [0, 0.05) is 16.8 Å². The molecule has 2 aromatic rings. The molecule has 110 valence electrons. The number of aryl methyl sites for hydroxylation is 1. The molecule has 0 saturated carbocycles. The number of hydrogen-bond acceptors (Lipinski definition) is 3. The van der Waals surface area contributed by atoms with E-state index >= 15 is 0 Å². The second-order valence-corrected chi connectivity index (χ2v) is 5.92. The maximum absolute atomic E-state index is 11.9. The molecule has 0 aliphatic heterocycles. The van der Waals surface area contributed by atoms with E-state index in [4.69, 9.17) is 5.73 Å². The van der Waals surface area contributed by atoms with Gasteiger partial charge in [-0.25, -0.2) is 4.21 Å². The predicted molar refractivity (Wildman–Crippen MR) is 84.8 cm³/mol. The van der Waals surface area contributed by atoms with Crippen molar-refractivity contribution in [3.05, 3.63) is 47.0 Å². The van der Waals surface area contributed by atoms with Gasteiger partial charge in [-0.05, 0) is 38.0 Å². The number of Topliss-reactive ketones (excluding diaryl/α,β-unsaturated/α-hetero) is 1. The van der Waals surface area contributed by atoms with Gasteiger partial charge in [0.15, 0.2) is 16.9 Å². The van der Waals surface area contributed by atoms with Crippen LogP contribution < -0.4 is 5.73 Å². The van der Waals surface area contributed by atoms with Crippen LogP contribution in [0.2, 0.25) is 0 Å². The largest absolute Gasteiger partial charge is 0.398 e. The minimum Gasteiger partial charge on any atom is -0.398 e. The average molecular weight is 303 g/mol. The number of carbonyl (C=O) groups excluding carboxylic acids is 1. The molecule has 0 fully saturated rings. The molecule has 0 radical (unpaired) electrons. The van der Waals surface area contributed by atoms with E-state index in [0.29, 0.717) is 22.4 Å². The van der Waals surface area contributed by atoms with Crippen LogP contribution >= 0.6 is 0 Å². The summed E-state index contributed by atoms with van der Waals surface area (Å²) < 4.78 is 21.4. The molecular formula is C16H17NO3S. The number of benzene rings is 2. The van der Waals surface area contributed by atoms with Gasteiger partial charge in [0.05, 0.1) is 4.90 Å². The first kappa shape index (κ1) is 15.4. The van der Waals surface area contributed by atoms with E-state index < -0.39 is 11.1 Å². The van der Waals surface area contributed by atoms with Crippen LogP contribution in [0.25, 0.3) is 11.1 Å². The number of nitrogen functional groups attached to an aromatic ring is 1. The lowest BCUT2D eigenvalue weighted by Gasteiger charge is -2.16. The zero-order valence-corrected chi connectivity index (χ0v) is 13.0. The van der Waals surface area contributed by atoms with Crippen LogP contribution in [0.4, 0.5) is 5.69 Å². The van der Waals surface area contributed by atoms with Gasteiger partial charge >= 0.3 is 0 Å². The van der Waals surface area contributed by atoms with Gasteiger partial charge in [0.1, 0.15) is 0 Å². The predicted octanol–water partition coefficient (Wildman–Crippen LogP) is 3.34. The van der Waals surface area contributed by atoms with Crippen LogP contribution in [0.5, 0.6) is 0 Å². The van der Waals surface area contributed by atoms with Gasteiger partial charge in [0.25, 0.3) is 0 Å². The van der Waals surface area contributed by atoms with E-state index in [-0.39, 0.29) is 10.7 Å². The molecule has 1 atom stereocenters. The molecule has 0 saturated heterocycles. The van der Waals surface area contributed by atoms with Crippen molar-refractivity contribution in [3.63, 3.8) is 0 Å². The highest BCUT2D eigenvalue weighted by molar-refractivity contribution is 7.79. The van der Waals surface area contributed by atoms with Crippen LogP contribution in [0.3, 0.4) is 0 Å². The van der Waals surface area contributed by atoms with Gasteiger partial charge in [-0.1, -0.05) is 29.8 Å². The molecule has 3 N–H and O–H groups in total.